The lowest BCUT2D eigenvalue weighted by atomic mass is 10.1. The molecule has 6 heteroatoms. The number of fused-ring (bicyclic) bond motifs is 1. The summed E-state index contributed by atoms with van der Waals surface area (Å²) in [5.74, 6) is 0.657. The van der Waals surface area contributed by atoms with Crippen LogP contribution in [0.5, 0.6) is 0 Å². The fourth-order valence-corrected chi connectivity index (χ4v) is 3.11. The monoisotopic (exact) mass is 373 g/mol. The zero-order valence-electron chi connectivity index (χ0n) is 16.2. The lowest BCUT2D eigenvalue weighted by Crippen LogP contribution is -2.18. The smallest absolute Gasteiger partial charge is 0.154 e. The molecule has 0 amide bonds. The van der Waals surface area contributed by atoms with Crippen LogP contribution in [0, 0.1) is 0 Å². The Morgan fingerprint density at radius 3 is 2.57 bits per heavy atom. The molecule has 3 heterocycles. The van der Waals surface area contributed by atoms with Crippen LogP contribution in [0.4, 0.5) is 0 Å². The Labute approximate surface area is 163 Å². The molecule has 1 aromatic carbocycles. The summed E-state index contributed by atoms with van der Waals surface area (Å²) in [6, 6.07) is 17.4. The minimum atomic E-state index is -1.02. The van der Waals surface area contributed by atoms with Crippen molar-refractivity contribution < 1.29 is 5.11 Å². The van der Waals surface area contributed by atoms with E-state index in [2.05, 4.69) is 15.1 Å². The number of benzene rings is 1. The number of pyridine rings is 2. The standard InChI is InChI=1S/C22H23N5O/c1-14(23)17-6-4-7-18(25-17)15-10-11-16-13-24-27(19(16)12-15)21-9-5-8-20(26-21)22(2,3)28/h4-14,28H,23H2,1-3H3. The number of hydrogen-bond acceptors (Lipinski definition) is 5. The van der Waals surface area contributed by atoms with Crippen LogP contribution < -0.4 is 5.73 Å². The summed E-state index contributed by atoms with van der Waals surface area (Å²) in [6.07, 6.45) is 1.81. The van der Waals surface area contributed by atoms with E-state index in [1.165, 1.54) is 0 Å². The summed E-state index contributed by atoms with van der Waals surface area (Å²) >= 11 is 0. The van der Waals surface area contributed by atoms with Crippen molar-refractivity contribution in [2.24, 2.45) is 5.73 Å². The molecule has 3 N–H and O–H groups in total. The zero-order chi connectivity index (χ0) is 19.9. The molecule has 1 unspecified atom stereocenters. The van der Waals surface area contributed by atoms with E-state index in [1.807, 2.05) is 67.7 Å². The second-order valence-corrected chi connectivity index (χ2v) is 7.51. The van der Waals surface area contributed by atoms with Crippen LogP contribution in [0.15, 0.2) is 60.8 Å². The van der Waals surface area contributed by atoms with Crippen LogP contribution in [-0.2, 0) is 5.60 Å². The Bertz CT molecular complexity index is 1140. The molecule has 0 saturated heterocycles. The SMILES string of the molecule is CC(N)c1cccc(-c2ccc3cnn(-c4cccc(C(C)(C)O)n4)c3c2)n1. The van der Waals surface area contributed by atoms with E-state index in [0.717, 1.165) is 27.9 Å². The quantitative estimate of drug-likeness (QED) is 0.569. The maximum absolute atomic E-state index is 10.3. The molecule has 0 fully saturated rings. The van der Waals surface area contributed by atoms with Crippen molar-refractivity contribution in [3.05, 3.63) is 72.2 Å². The van der Waals surface area contributed by atoms with Gasteiger partial charge in [-0.2, -0.15) is 5.10 Å². The number of hydrogen-bond donors (Lipinski definition) is 2. The van der Waals surface area contributed by atoms with Gasteiger partial charge >= 0.3 is 0 Å². The summed E-state index contributed by atoms with van der Waals surface area (Å²) in [5, 5.41) is 15.8. The molecule has 0 saturated carbocycles. The number of aromatic nitrogens is 4. The Hall–Kier alpha value is -3.09. The first-order valence-corrected chi connectivity index (χ1v) is 9.24. The topological polar surface area (TPSA) is 89.8 Å². The summed E-state index contributed by atoms with van der Waals surface area (Å²) in [5.41, 5.74) is 9.17. The highest BCUT2D eigenvalue weighted by molar-refractivity contribution is 5.84. The molecule has 0 spiro atoms. The molecule has 0 radical (unpaired) electrons. The van der Waals surface area contributed by atoms with E-state index >= 15 is 0 Å². The fraction of sp³-hybridized carbons (Fsp3) is 0.227. The van der Waals surface area contributed by atoms with Gasteiger partial charge in [0, 0.05) is 17.0 Å². The number of aliphatic hydroxyl groups is 1. The third-order valence-corrected chi connectivity index (χ3v) is 4.68. The van der Waals surface area contributed by atoms with Crippen molar-refractivity contribution in [2.75, 3.05) is 0 Å². The van der Waals surface area contributed by atoms with Gasteiger partial charge in [0.2, 0.25) is 0 Å². The van der Waals surface area contributed by atoms with Crippen molar-refractivity contribution >= 4 is 10.9 Å². The first-order chi connectivity index (χ1) is 13.3. The Morgan fingerprint density at radius 1 is 1.04 bits per heavy atom. The van der Waals surface area contributed by atoms with Crippen LogP contribution in [-0.4, -0.2) is 24.9 Å². The van der Waals surface area contributed by atoms with Crippen molar-refractivity contribution in [3.63, 3.8) is 0 Å². The summed E-state index contributed by atoms with van der Waals surface area (Å²) in [6.45, 7) is 5.36. The van der Waals surface area contributed by atoms with Gasteiger partial charge in [-0.15, -0.1) is 0 Å². The van der Waals surface area contributed by atoms with Crippen molar-refractivity contribution in [1.82, 2.24) is 19.7 Å². The Morgan fingerprint density at radius 2 is 1.82 bits per heavy atom. The van der Waals surface area contributed by atoms with Gasteiger partial charge in [-0.05, 0) is 51.1 Å². The van der Waals surface area contributed by atoms with Gasteiger partial charge in [0.25, 0.3) is 0 Å². The van der Waals surface area contributed by atoms with Crippen LogP contribution in [0.25, 0.3) is 28.0 Å². The van der Waals surface area contributed by atoms with E-state index in [1.54, 1.807) is 18.5 Å². The highest BCUT2D eigenvalue weighted by Gasteiger charge is 2.19. The molecule has 0 aliphatic heterocycles. The highest BCUT2D eigenvalue weighted by atomic mass is 16.3. The van der Waals surface area contributed by atoms with E-state index in [0.29, 0.717) is 11.5 Å². The van der Waals surface area contributed by atoms with Gasteiger partial charge in [0.1, 0.15) is 5.60 Å². The predicted molar refractivity (Wildman–Crippen MR) is 110 cm³/mol. The van der Waals surface area contributed by atoms with Gasteiger partial charge < -0.3 is 10.8 Å². The number of rotatable bonds is 4. The lowest BCUT2D eigenvalue weighted by Gasteiger charge is -2.17. The average Bonchev–Trinajstić information content (AvgIpc) is 3.10. The summed E-state index contributed by atoms with van der Waals surface area (Å²) < 4.78 is 1.78. The normalized spacial score (nSPS) is 13.0. The molecule has 0 bridgehead atoms. The predicted octanol–water partition coefficient (Wildman–Crippen LogP) is 3.73. The second kappa shape index (κ2) is 6.82. The molecule has 28 heavy (non-hydrogen) atoms. The first-order valence-electron chi connectivity index (χ1n) is 9.24. The van der Waals surface area contributed by atoms with Crippen LogP contribution in [0.3, 0.4) is 0 Å². The average molecular weight is 373 g/mol. The molecule has 0 aliphatic rings. The summed E-state index contributed by atoms with van der Waals surface area (Å²) in [4.78, 5) is 9.27. The lowest BCUT2D eigenvalue weighted by molar-refractivity contribution is 0.0738. The van der Waals surface area contributed by atoms with E-state index in [9.17, 15) is 5.11 Å². The molecule has 142 valence electrons. The minimum Gasteiger partial charge on any atom is -0.384 e. The molecule has 4 aromatic rings. The van der Waals surface area contributed by atoms with E-state index in [4.69, 9.17) is 5.73 Å². The molecular formula is C22H23N5O. The van der Waals surface area contributed by atoms with E-state index < -0.39 is 5.60 Å². The number of nitrogens with zero attached hydrogens (tertiary/aromatic N) is 4. The Kier molecular flexibility index (Phi) is 4.45. The fourth-order valence-electron chi connectivity index (χ4n) is 3.11. The van der Waals surface area contributed by atoms with Gasteiger partial charge in [-0.1, -0.05) is 24.3 Å². The van der Waals surface area contributed by atoms with Crippen LogP contribution in [0.1, 0.15) is 38.2 Å². The van der Waals surface area contributed by atoms with Crippen molar-refractivity contribution in [3.8, 4) is 17.1 Å². The maximum atomic E-state index is 10.3. The van der Waals surface area contributed by atoms with Gasteiger partial charge in [-0.3, -0.25) is 4.98 Å². The largest absolute Gasteiger partial charge is 0.384 e. The highest BCUT2D eigenvalue weighted by Crippen LogP contribution is 2.26. The second-order valence-electron chi connectivity index (χ2n) is 7.51. The molecule has 4 rings (SSSR count). The van der Waals surface area contributed by atoms with Gasteiger partial charge in [0.15, 0.2) is 5.82 Å². The first kappa shape index (κ1) is 18.3. The molecular weight excluding hydrogens is 350 g/mol. The van der Waals surface area contributed by atoms with E-state index in [-0.39, 0.29) is 6.04 Å². The number of nitrogens with two attached hydrogens (primary N) is 1. The molecule has 6 nitrogen and oxygen atoms in total. The van der Waals surface area contributed by atoms with Gasteiger partial charge in [0.05, 0.1) is 28.8 Å². The summed E-state index contributed by atoms with van der Waals surface area (Å²) in [7, 11) is 0. The van der Waals surface area contributed by atoms with Crippen LogP contribution in [0.2, 0.25) is 0 Å². The minimum absolute atomic E-state index is 0.122. The molecule has 3 aromatic heterocycles. The van der Waals surface area contributed by atoms with Crippen molar-refractivity contribution in [1.29, 1.82) is 0 Å². The van der Waals surface area contributed by atoms with Gasteiger partial charge in [-0.25, -0.2) is 9.67 Å². The molecule has 0 aliphatic carbocycles. The third-order valence-electron chi connectivity index (χ3n) is 4.68. The zero-order valence-corrected chi connectivity index (χ0v) is 16.2. The van der Waals surface area contributed by atoms with Crippen LogP contribution >= 0.6 is 0 Å². The Balaban J connectivity index is 1.83. The third kappa shape index (κ3) is 3.40. The van der Waals surface area contributed by atoms with Crippen molar-refractivity contribution in [2.45, 2.75) is 32.4 Å². The molecule has 1 atom stereocenters. The maximum Gasteiger partial charge on any atom is 0.154 e.